The maximum absolute atomic E-state index is 12.7. The zero-order valence-electron chi connectivity index (χ0n) is 14.8. The molecule has 2 heterocycles. The number of hydrogen-bond acceptors (Lipinski definition) is 6. The van der Waals surface area contributed by atoms with E-state index in [0.29, 0.717) is 54.7 Å². The predicted molar refractivity (Wildman–Crippen MR) is 96.8 cm³/mol. The molecular formula is C18H25ClN2O5. The summed E-state index contributed by atoms with van der Waals surface area (Å²) in [4.78, 5) is 12.7. The van der Waals surface area contributed by atoms with Crippen molar-refractivity contribution in [1.29, 1.82) is 0 Å². The SMILES string of the molecule is COCC1(C(=O)NCC(O)c2cc(Cl)c3c(c2)OCCO3)CCNCC1. The normalized spacial score (nSPS) is 19.7. The van der Waals surface area contributed by atoms with E-state index in [9.17, 15) is 9.90 Å². The molecule has 1 unspecified atom stereocenters. The van der Waals surface area contributed by atoms with Crippen molar-refractivity contribution in [3.63, 3.8) is 0 Å². The van der Waals surface area contributed by atoms with E-state index in [4.69, 9.17) is 25.8 Å². The summed E-state index contributed by atoms with van der Waals surface area (Å²) >= 11 is 6.21. The molecule has 2 aliphatic heterocycles. The van der Waals surface area contributed by atoms with Crippen molar-refractivity contribution < 1.29 is 24.1 Å². The average molecular weight is 385 g/mol. The Morgan fingerprint density at radius 3 is 2.85 bits per heavy atom. The topological polar surface area (TPSA) is 89.1 Å². The highest BCUT2D eigenvalue weighted by Crippen LogP contribution is 2.39. The molecule has 26 heavy (non-hydrogen) atoms. The molecule has 1 amide bonds. The van der Waals surface area contributed by atoms with Gasteiger partial charge in [-0.3, -0.25) is 4.79 Å². The van der Waals surface area contributed by atoms with Gasteiger partial charge in [0.25, 0.3) is 0 Å². The Balaban J connectivity index is 1.65. The Bertz CT molecular complexity index is 643. The van der Waals surface area contributed by atoms with Crippen LogP contribution >= 0.6 is 11.6 Å². The number of carbonyl (C=O) groups excluding carboxylic acids is 1. The van der Waals surface area contributed by atoms with Gasteiger partial charge in [-0.25, -0.2) is 0 Å². The summed E-state index contributed by atoms with van der Waals surface area (Å²) in [6, 6.07) is 3.34. The van der Waals surface area contributed by atoms with Crippen LogP contribution in [-0.2, 0) is 9.53 Å². The molecular weight excluding hydrogens is 360 g/mol. The zero-order valence-corrected chi connectivity index (χ0v) is 15.6. The fourth-order valence-corrected chi connectivity index (χ4v) is 3.71. The number of halogens is 1. The molecule has 1 aromatic rings. The van der Waals surface area contributed by atoms with Crippen molar-refractivity contribution in [2.24, 2.45) is 5.41 Å². The number of aliphatic hydroxyl groups is 1. The van der Waals surface area contributed by atoms with Crippen molar-refractivity contribution in [3.05, 3.63) is 22.7 Å². The van der Waals surface area contributed by atoms with E-state index >= 15 is 0 Å². The lowest BCUT2D eigenvalue weighted by molar-refractivity contribution is -0.136. The van der Waals surface area contributed by atoms with Crippen LogP contribution in [0, 0.1) is 5.41 Å². The molecule has 0 bridgehead atoms. The standard InChI is InChI=1S/C18H25ClN2O5/c1-24-11-18(2-4-20-5-3-18)17(23)21-10-14(22)12-8-13(19)16-15(9-12)25-6-7-26-16/h8-9,14,20,22H,2-7,10-11H2,1H3,(H,21,23). The first-order valence-electron chi connectivity index (χ1n) is 8.81. The summed E-state index contributed by atoms with van der Waals surface area (Å²) in [6.07, 6.45) is 0.519. The van der Waals surface area contributed by atoms with Crippen LogP contribution in [0.15, 0.2) is 12.1 Å². The zero-order chi connectivity index (χ0) is 18.6. The minimum absolute atomic E-state index is 0.0910. The second-order valence-electron chi connectivity index (χ2n) is 6.72. The van der Waals surface area contributed by atoms with Crippen molar-refractivity contribution >= 4 is 17.5 Å². The van der Waals surface area contributed by atoms with Gasteiger partial charge in [-0.05, 0) is 43.6 Å². The van der Waals surface area contributed by atoms with Crippen LogP contribution in [0.25, 0.3) is 0 Å². The highest BCUT2D eigenvalue weighted by Gasteiger charge is 2.39. The third-order valence-corrected chi connectivity index (χ3v) is 5.20. The number of piperidine rings is 1. The Hall–Kier alpha value is -1.54. The van der Waals surface area contributed by atoms with Crippen LogP contribution in [0.2, 0.25) is 5.02 Å². The van der Waals surface area contributed by atoms with Crippen molar-refractivity contribution in [2.75, 3.05) is 46.6 Å². The maximum Gasteiger partial charge on any atom is 0.228 e. The molecule has 1 fully saturated rings. The minimum atomic E-state index is -0.895. The van der Waals surface area contributed by atoms with Gasteiger partial charge in [-0.2, -0.15) is 0 Å². The molecule has 1 atom stereocenters. The molecule has 0 saturated carbocycles. The molecule has 0 aliphatic carbocycles. The van der Waals surface area contributed by atoms with Crippen molar-refractivity contribution in [2.45, 2.75) is 18.9 Å². The summed E-state index contributed by atoms with van der Waals surface area (Å²) in [5.74, 6) is 0.911. The predicted octanol–water partition coefficient (Wildman–Crippen LogP) is 1.28. The Kier molecular flexibility index (Phi) is 6.24. The van der Waals surface area contributed by atoms with Gasteiger partial charge in [0.2, 0.25) is 5.91 Å². The number of hydrogen-bond donors (Lipinski definition) is 3. The van der Waals surface area contributed by atoms with Crippen LogP contribution in [0.5, 0.6) is 11.5 Å². The van der Waals surface area contributed by atoms with Crippen molar-refractivity contribution in [3.8, 4) is 11.5 Å². The van der Waals surface area contributed by atoms with Crippen LogP contribution in [0.3, 0.4) is 0 Å². The first-order valence-corrected chi connectivity index (χ1v) is 9.18. The number of benzene rings is 1. The molecule has 1 saturated heterocycles. The lowest BCUT2D eigenvalue weighted by atomic mass is 9.78. The molecule has 8 heteroatoms. The smallest absolute Gasteiger partial charge is 0.228 e. The summed E-state index contributed by atoms with van der Waals surface area (Å²) in [7, 11) is 1.60. The number of aliphatic hydroxyl groups excluding tert-OH is 1. The van der Waals surface area contributed by atoms with Gasteiger partial charge in [0.15, 0.2) is 11.5 Å². The lowest BCUT2D eigenvalue weighted by Crippen LogP contribution is -2.50. The Morgan fingerprint density at radius 2 is 2.12 bits per heavy atom. The maximum atomic E-state index is 12.7. The van der Waals surface area contributed by atoms with Gasteiger partial charge in [-0.1, -0.05) is 11.6 Å². The Labute approximate surface area is 157 Å². The molecule has 0 radical (unpaired) electrons. The van der Waals surface area contributed by atoms with E-state index in [1.807, 2.05) is 0 Å². The number of fused-ring (bicyclic) bond motifs is 1. The Morgan fingerprint density at radius 1 is 1.38 bits per heavy atom. The van der Waals surface area contributed by atoms with E-state index in [0.717, 1.165) is 13.1 Å². The fraction of sp³-hybridized carbons (Fsp3) is 0.611. The van der Waals surface area contributed by atoms with Crippen LogP contribution < -0.4 is 20.1 Å². The van der Waals surface area contributed by atoms with Gasteiger partial charge < -0.3 is 30.0 Å². The number of carbonyl (C=O) groups is 1. The van der Waals surface area contributed by atoms with E-state index in [1.165, 1.54) is 0 Å². The lowest BCUT2D eigenvalue weighted by Gasteiger charge is -2.35. The molecule has 3 N–H and O–H groups in total. The van der Waals surface area contributed by atoms with Gasteiger partial charge >= 0.3 is 0 Å². The van der Waals surface area contributed by atoms with Crippen LogP contribution in [-0.4, -0.2) is 57.6 Å². The number of amides is 1. The first-order chi connectivity index (χ1) is 12.6. The minimum Gasteiger partial charge on any atom is -0.486 e. The van der Waals surface area contributed by atoms with Gasteiger partial charge in [0.05, 0.1) is 23.1 Å². The average Bonchev–Trinajstić information content (AvgIpc) is 2.66. The molecule has 7 nitrogen and oxygen atoms in total. The third kappa shape index (κ3) is 4.06. The highest BCUT2D eigenvalue weighted by atomic mass is 35.5. The number of nitrogens with one attached hydrogen (secondary N) is 2. The summed E-state index contributed by atoms with van der Waals surface area (Å²) in [5, 5.41) is 17.0. The second-order valence-corrected chi connectivity index (χ2v) is 7.12. The summed E-state index contributed by atoms with van der Waals surface area (Å²) in [6.45, 7) is 2.89. The largest absolute Gasteiger partial charge is 0.486 e. The van der Waals surface area contributed by atoms with Gasteiger partial charge in [-0.15, -0.1) is 0 Å². The quantitative estimate of drug-likeness (QED) is 0.684. The molecule has 3 rings (SSSR count). The monoisotopic (exact) mass is 384 g/mol. The van der Waals surface area contributed by atoms with E-state index in [2.05, 4.69) is 10.6 Å². The highest BCUT2D eigenvalue weighted by molar-refractivity contribution is 6.32. The fourth-order valence-electron chi connectivity index (χ4n) is 3.44. The number of ether oxygens (including phenoxy) is 3. The van der Waals surface area contributed by atoms with Crippen molar-refractivity contribution in [1.82, 2.24) is 10.6 Å². The number of methoxy groups -OCH3 is 1. The third-order valence-electron chi connectivity index (χ3n) is 4.92. The molecule has 0 spiro atoms. The molecule has 0 aromatic heterocycles. The van der Waals surface area contributed by atoms with Crippen LogP contribution in [0.1, 0.15) is 24.5 Å². The molecule has 1 aromatic carbocycles. The van der Waals surface area contributed by atoms with Gasteiger partial charge in [0.1, 0.15) is 13.2 Å². The van der Waals surface area contributed by atoms with Gasteiger partial charge in [0, 0.05) is 13.7 Å². The summed E-state index contributed by atoms with van der Waals surface area (Å²) < 4.78 is 16.3. The van der Waals surface area contributed by atoms with E-state index in [1.54, 1.807) is 19.2 Å². The second kappa shape index (κ2) is 8.43. The summed E-state index contributed by atoms with van der Waals surface area (Å²) in [5.41, 5.74) is 0.0233. The van der Waals surface area contributed by atoms with E-state index in [-0.39, 0.29) is 12.5 Å². The van der Waals surface area contributed by atoms with Crippen LogP contribution in [0.4, 0.5) is 0 Å². The number of rotatable bonds is 6. The molecule has 2 aliphatic rings. The first kappa shape index (κ1) is 19.2. The van der Waals surface area contributed by atoms with E-state index < -0.39 is 11.5 Å². The molecule has 144 valence electrons.